The predicted octanol–water partition coefficient (Wildman–Crippen LogP) is 3.60. The van der Waals surface area contributed by atoms with Gasteiger partial charge in [-0.05, 0) is 49.6 Å². The second kappa shape index (κ2) is 8.32. The van der Waals surface area contributed by atoms with Crippen LogP contribution in [0, 0.1) is 19.7 Å². The van der Waals surface area contributed by atoms with E-state index in [9.17, 15) is 9.18 Å². The molecular formula is C19H23FN2O. The predicted molar refractivity (Wildman–Crippen MR) is 92.1 cm³/mol. The minimum atomic E-state index is -0.241. The van der Waals surface area contributed by atoms with Crippen molar-refractivity contribution in [2.45, 2.75) is 26.7 Å². The molecule has 1 amide bonds. The molecule has 2 aromatic rings. The van der Waals surface area contributed by atoms with E-state index in [0.717, 1.165) is 11.3 Å². The van der Waals surface area contributed by atoms with Crippen molar-refractivity contribution < 1.29 is 9.18 Å². The second-order valence-electron chi connectivity index (χ2n) is 5.72. The van der Waals surface area contributed by atoms with E-state index in [1.807, 2.05) is 6.07 Å². The van der Waals surface area contributed by atoms with Crippen molar-refractivity contribution >= 4 is 11.6 Å². The standard InChI is InChI=1S/C19H23FN2O/c1-14-3-8-18(15(2)13-14)21-12-10-19(23)22-11-9-16-4-6-17(20)7-5-16/h3-8,13,21H,9-12H2,1-2H3,(H,22,23). The van der Waals surface area contributed by atoms with Crippen molar-refractivity contribution in [2.75, 3.05) is 18.4 Å². The Morgan fingerprint density at radius 2 is 1.78 bits per heavy atom. The molecular weight excluding hydrogens is 291 g/mol. The molecule has 0 spiro atoms. The van der Waals surface area contributed by atoms with E-state index in [2.05, 4.69) is 36.6 Å². The summed E-state index contributed by atoms with van der Waals surface area (Å²) in [5, 5.41) is 6.17. The van der Waals surface area contributed by atoms with Gasteiger partial charge in [-0.15, -0.1) is 0 Å². The van der Waals surface area contributed by atoms with Crippen LogP contribution in [0.1, 0.15) is 23.1 Å². The molecule has 0 aliphatic rings. The van der Waals surface area contributed by atoms with Crippen LogP contribution < -0.4 is 10.6 Å². The van der Waals surface area contributed by atoms with Crippen LogP contribution in [0.15, 0.2) is 42.5 Å². The summed E-state index contributed by atoms with van der Waals surface area (Å²) in [7, 11) is 0. The summed E-state index contributed by atoms with van der Waals surface area (Å²) in [4.78, 5) is 11.8. The average molecular weight is 314 g/mol. The smallest absolute Gasteiger partial charge is 0.221 e. The van der Waals surface area contributed by atoms with Gasteiger partial charge < -0.3 is 10.6 Å². The molecule has 0 aliphatic carbocycles. The normalized spacial score (nSPS) is 10.4. The molecule has 0 bridgehead atoms. The maximum Gasteiger partial charge on any atom is 0.221 e. The highest BCUT2D eigenvalue weighted by molar-refractivity contribution is 5.76. The molecule has 2 rings (SSSR count). The molecule has 0 radical (unpaired) electrons. The fourth-order valence-electron chi connectivity index (χ4n) is 2.41. The number of carbonyl (C=O) groups excluding carboxylic acids is 1. The Morgan fingerprint density at radius 1 is 1.04 bits per heavy atom. The van der Waals surface area contributed by atoms with Crippen LogP contribution in [0.4, 0.5) is 10.1 Å². The Bertz CT molecular complexity index is 653. The lowest BCUT2D eigenvalue weighted by Crippen LogP contribution is -2.27. The maximum atomic E-state index is 12.8. The van der Waals surface area contributed by atoms with Crippen LogP contribution in [-0.2, 0) is 11.2 Å². The third-order valence-corrected chi connectivity index (χ3v) is 3.70. The maximum absolute atomic E-state index is 12.8. The van der Waals surface area contributed by atoms with Crippen molar-refractivity contribution in [2.24, 2.45) is 0 Å². The van der Waals surface area contributed by atoms with Gasteiger partial charge in [0.05, 0.1) is 0 Å². The second-order valence-corrected chi connectivity index (χ2v) is 5.72. The highest BCUT2D eigenvalue weighted by Gasteiger charge is 2.03. The van der Waals surface area contributed by atoms with Gasteiger partial charge in [-0.25, -0.2) is 4.39 Å². The van der Waals surface area contributed by atoms with E-state index < -0.39 is 0 Å². The Balaban J connectivity index is 1.66. The van der Waals surface area contributed by atoms with Gasteiger partial charge >= 0.3 is 0 Å². The number of aryl methyl sites for hydroxylation is 2. The molecule has 3 nitrogen and oxygen atoms in total. The van der Waals surface area contributed by atoms with Gasteiger partial charge in [0, 0.05) is 25.2 Å². The monoisotopic (exact) mass is 314 g/mol. The Kier molecular flexibility index (Phi) is 6.15. The van der Waals surface area contributed by atoms with Crippen LogP contribution in [-0.4, -0.2) is 19.0 Å². The molecule has 0 heterocycles. The van der Waals surface area contributed by atoms with E-state index in [-0.39, 0.29) is 11.7 Å². The number of anilines is 1. The summed E-state index contributed by atoms with van der Waals surface area (Å²) >= 11 is 0. The zero-order valence-electron chi connectivity index (χ0n) is 13.7. The molecule has 0 aliphatic heterocycles. The average Bonchev–Trinajstić information content (AvgIpc) is 2.51. The number of rotatable bonds is 7. The topological polar surface area (TPSA) is 41.1 Å². The third kappa shape index (κ3) is 5.74. The van der Waals surface area contributed by atoms with Crippen molar-refractivity contribution in [1.82, 2.24) is 5.32 Å². The SMILES string of the molecule is Cc1ccc(NCCC(=O)NCCc2ccc(F)cc2)c(C)c1. The number of halogens is 1. The van der Waals surface area contributed by atoms with Crippen LogP contribution in [0.25, 0.3) is 0 Å². The van der Waals surface area contributed by atoms with Gasteiger partial charge in [0.1, 0.15) is 5.82 Å². The molecule has 4 heteroatoms. The highest BCUT2D eigenvalue weighted by atomic mass is 19.1. The number of benzene rings is 2. The lowest BCUT2D eigenvalue weighted by Gasteiger charge is -2.10. The summed E-state index contributed by atoms with van der Waals surface area (Å²) in [6, 6.07) is 12.6. The minimum absolute atomic E-state index is 0.0179. The first-order valence-electron chi connectivity index (χ1n) is 7.87. The van der Waals surface area contributed by atoms with E-state index in [1.165, 1.54) is 23.3 Å². The quantitative estimate of drug-likeness (QED) is 0.820. The van der Waals surface area contributed by atoms with E-state index in [4.69, 9.17) is 0 Å². The first-order valence-corrected chi connectivity index (χ1v) is 7.87. The van der Waals surface area contributed by atoms with Crippen molar-refractivity contribution in [1.29, 1.82) is 0 Å². The summed E-state index contributed by atoms with van der Waals surface area (Å²) in [6.07, 6.45) is 1.13. The molecule has 2 aromatic carbocycles. The van der Waals surface area contributed by atoms with Crippen LogP contribution in [0.2, 0.25) is 0 Å². The Hall–Kier alpha value is -2.36. The summed E-state index contributed by atoms with van der Waals surface area (Å²) in [6.45, 7) is 5.28. The first kappa shape index (κ1) is 17.0. The van der Waals surface area contributed by atoms with Crippen LogP contribution >= 0.6 is 0 Å². The molecule has 0 fully saturated rings. The molecule has 23 heavy (non-hydrogen) atoms. The fourth-order valence-corrected chi connectivity index (χ4v) is 2.41. The number of amides is 1. The van der Waals surface area contributed by atoms with Crippen LogP contribution in [0.3, 0.4) is 0 Å². The van der Waals surface area contributed by atoms with Gasteiger partial charge in [-0.3, -0.25) is 4.79 Å². The zero-order valence-corrected chi connectivity index (χ0v) is 13.7. The molecule has 0 saturated carbocycles. The number of hydrogen-bond acceptors (Lipinski definition) is 2. The van der Waals surface area contributed by atoms with E-state index in [1.54, 1.807) is 12.1 Å². The number of nitrogens with one attached hydrogen (secondary N) is 2. The third-order valence-electron chi connectivity index (χ3n) is 3.70. The molecule has 0 saturated heterocycles. The van der Waals surface area contributed by atoms with Gasteiger partial charge in [0.15, 0.2) is 0 Å². The molecule has 122 valence electrons. The largest absolute Gasteiger partial charge is 0.384 e. The summed E-state index contributed by atoms with van der Waals surface area (Å²) in [5.41, 5.74) is 4.49. The van der Waals surface area contributed by atoms with Crippen molar-refractivity contribution in [3.05, 3.63) is 65.0 Å². The van der Waals surface area contributed by atoms with Gasteiger partial charge in [0.25, 0.3) is 0 Å². The summed E-state index contributed by atoms with van der Waals surface area (Å²) in [5.74, 6) is -0.223. The first-order chi connectivity index (χ1) is 11.0. The molecule has 0 atom stereocenters. The lowest BCUT2D eigenvalue weighted by atomic mass is 10.1. The molecule has 0 unspecified atom stereocenters. The Labute approximate surface area is 136 Å². The number of hydrogen-bond donors (Lipinski definition) is 2. The van der Waals surface area contributed by atoms with E-state index >= 15 is 0 Å². The summed E-state index contributed by atoms with van der Waals surface area (Å²) < 4.78 is 12.8. The van der Waals surface area contributed by atoms with Gasteiger partial charge in [-0.2, -0.15) is 0 Å². The van der Waals surface area contributed by atoms with Crippen LogP contribution in [0.5, 0.6) is 0 Å². The van der Waals surface area contributed by atoms with Gasteiger partial charge in [-0.1, -0.05) is 29.8 Å². The molecule has 2 N–H and O–H groups in total. The Morgan fingerprint density at radius 3 is 2.48 bits per heavy atom. The molecule has 0 aromatic heterocycles. The van der Waals surface area contributed by atoms with E-state index in [0.29, 0.717) is 25.9 Å². The zero-order chi connectivity index (χ0) is 16.7. The van der Waals surface area contributed by atoms with Gasteiger partial charge in [0.2, 0.25) is 5.91 Å². The van der Waals surface area contributed by atoms with Crippen molar-refractivity contribution in [3.63, 3.8) is 0 Å². The fraction of sp³-hybridized carbons (Fsp3) is 0.316. The number of carbonyl (C=O) groups is 1. The lowest BCUT2D eigenvalue weighted by molar-refractivity contribution is -0.120. The minimum Gasteiger partial charge on any atom is -0.384 e. The van der Waals surface area contributed by atoms with Crippen molar-refractivity contribution in [3.8, 4) is 0 Å². The highest BCUT2D eigenvalue weighted by Crippen LogP contribution is 2.15.